The molecular formula is C2H2F2Li2O4. The van der Waals surface area contributed by atoms with Crippen molar-refractivity contribution in [2.24, 2.45) is 0 Å². The summed E-state index contributed by atoms with van der Waals surface area (Å²) >= 11 is 0. The molecule has 0 fully saturated rings. The molecule has 0 bridgehead atoms. The molecule has 0 atom stereocenters. The van der Waals surface area contributed by atoms with E-state index < -0.39 is 11.9 Å². The second kappa shape index (κ2) is 8.99. The van der Waals surface area contributed by atoms with Gasteiger partial charge in [0.05, 0.1) is 0 Å². The molecule has 0 N–H and O–H groups in total. The first-order valence-electron chi connectivity index (χ1n) is 1.38. The van der Waals surface area contributed by atoms with Crippen molar-refractivity contribution in [1.82, 2.24) is 0 Å². The van der Waals surface area contributed by atoms with Crippen LogP contribution in [0.1, 0.15) is 0 Å². The quantitative estimate of drug-likeness (QED) is 0.306. The van der Waals surface area contributed by atoms with Crippen LogP contribution >= 0.6 is 0 Å². The Bertz CT molecular complexity index is 104. The van der Waals surface area contributed by atoms with Gasteiger partial charge in [-0.3, -0.25) is 0 Å². The Morgan fingerprint density at radius 2 is 1.10 bits per heavy atom. The van der Waals surface area contributed by atoms with Gasteiger partial charge in [-0.2, -0.15) is 0 Å². The zero-order valence-electron chi connectivity index (χ0n) is 3.39. The van der Waals surface area contributed by atoms with Gasteiger partial charge >= 0.3 is 49.7 Å². The van der Waals surface area contributed by atoms with E-state index in [1.165, 1.54) is 0 Å². The minimum absolute atomic E-state index is 0. The molecule has 0 saturated carbocycles. The molecule has 0 unspecified atom stereocenters. The van der Waals surface area contributed by atoms with Gasteiger partial charge in [0.1, 0.15) is 0 Å². The summed E-state index contributed by atoms with van der Waals surface area (Å²) in [6.07, 6.45) is 0. The van der Waals surface area contributed by atoms with Crippen molar-refractivity contribution in [2.45, 2.75) is 0 Å². The van der Waals surface area contributed by atoms with Crippen LogP contribution in [-0.4, -0.2) is 49.7 Å². The Morgan fingerprint density at radius 3 is 1.20 bits per heavy atom. The summed E-state index contributed by atoms with van der Waals surface area (Å²) in [5.74, 6) is -4.04. The molecule has 8 heteroatoms. The van der Waals surface area contributed by atoms with E-state index in [-0.39, 0.29) is 37.7 Å². The fourth-order valence-corrected chi connectivity index (χ4v) is 0.0630. The van der Waals surface area contributed by atoms with E-state index in [2.05, 4.69) is 9.88 Å². The summed E-state index contributed by atoms with van der Waals surface area (Å²) in [4.78, 5) is 23.4. The molecule has 10 heavy (non-hydrogen) atoms. The van der Waals surface area contributed by atoms with Gasteiger partial charge in [0, 0.05) is 9.05 Å². The topological polar surface area (TPSA) is 52.6 Å². The Morgan fingerprint density at radius 1 is 0.900 bits per heavy atom. The van der Waals surface area contributed by atoms with Crippen LogP contribution in [0.4, 0.5) is 9.05 Å². The number of halogens is 2. The number of hydrogen-bond acceptors (Lipinski definition) is 4. The molecule has 0 radical (unpaired) electrons. The van der Waals surface area contributed by atoms with Crippen molar-refractivity contribution < 1.29 is 28.5 Å². The summed E-state index contributed by atoms with van der Waals surface area (Å²) in [5.41, 5.74) is 0. The average molecular weight is 142 g/mol. The zero-order valence-corrected chi connectivity index (χ0v) is 3.39. The fraction of sp³-hybridized carbons (Fsp3) is 0. The average Bonchev–Trinajstić information content (AvgIpc) is 1.84. The number of rotatable bonds is 0. The Labute approximate surface area is 78.4 Å². The molecule has 0 rings (SSSR count). The molecule has 0 amide bonds. The predicted molar refractivity (Wildman–Crippen MR) is 28.7 cm³/mol. The van der Waals surface area contributed by atoms with Crippen LogP contribution in [0, 0.1) is 0 Å². The molecule has 0 aromatic rings. The van der Waals surface area contributed by atoms with Gasteiger partial charge in [-0.25, -0.2) is 19.5 Å². The van der Waals surface area contributed by atoms with Gasteiger partial charge in [0.2, 0.25) is 0 Å². The van der Waals surface area contributed by atoms with Gasteiger partial charge in [-0.05, 0) is 0 Å². The van der Waals surface area contributed by atoms with Crippen LogP contribution in [0.3, 0.4) is 0 Å². The third-order valence-electron chi connectivity index (χ3n) is 0.307. The Balaban J connectivity index is -0.000000245. The summed E-state index contributed by atoms with van der Waals surface area (Å²) in [6, 6.07) is 0. The molecule has 0 aliphatic rings. The molecular weight excluding hydrogens is 140 g/mol. The maximum absolute atomic E-state index is 10.5. The van der Waals surface area contributed by atoms with Crippen molar-refractivity contribution >= 4 is 49.7 Å². The Hall–Kier alpha value is -0.00519. The number of carbonyl (C=O) groups is 2. The monoisotopic (exact) mass is 142 g/mol. The summed E-state index contributed by atoms with van der Waals surface area (Å²) in [5, 5.41) is 0. The van der Waals surface area contributed by atoms with Gasteiger partial charge in [0.15, 0.2) is 0 Å². The summed E-state index contributed by atoms with van der Waals surface area (Å²) in [7, 11) is 0. The number of hydrogen-bond donors (Lipinski definition) is 0. The molecule has 0 aliphatic carbocycles. The van der Waals surface area contributed by atoms with Crippen LogP contribution in [-0.2, 0) is 19.5 Å². The molecule has 0 aliphatic heterocycles. The van der Waals surface area contributed by atoms with Crippen molar-refractivity contribution in [1.29, 1.82) is 0 Å². The van der Waals surface area contributed by atoms with Crippen LogP contribution in [0.25, 0.3) is 0 Å². The van der Waals surface area contributed by atoms with Crippen molar-refractivity contribution in [3.05, 3.63) is 0 Å². The van der Waals surface area contributed by atoms with Crippen molar-refractivity contribution in [3.63, 3.8) is 0 Å². The third-order valence-corrected chi connectivity index (χ3v) is 0.307. The summed E-state index contributed by atoms with van der Waals surface area (Å²) < 4.78 is 21.0. The standard InChI is InChI=1S/C2F2O4.2Li.2H/c3-7-1(5)2(6)8-4;;;;. The normalized spacial score (nSPS) is 6.20. The third kappa shape index (κ3) is 6.12. The minimum atomic E-state index is -2.02. The molecule has 0 saturated heterocycles. The zero-order chi connectivity index (χ0) is 6.57. The van der Waals surface area contributed by atoms with E-state index in [1.807, 2.05) is 0 Å². The Kier molecular flexibility index (Phi) is 14.9. The first kappa shape index (κ1) is 16.5. The van der Waals surface area contributed by atoms with Crippen LogP contribution in [0.15, 0.2) is 0 Å². The van der Waals surface area contributed by atoms with Crippen molar-refractivity contribution in [3.8, 4) is 0 Å². The second-order valence-corrected chi connectivity index (χ2v) is 0.729. The SMILES string of the molecule is O=C(OF)C(=O)OF.[LiH].[LiH]. The van der Waals surface area contributed by atoms with Gasteiger partial charge in [-0.1, -0.05) is 0 Å². The molecule has 0 spiro atoms. The number of carbonyl (C=O) groups excluding carboxylic acids is 2. The predicted octanol–water partition coefficient (Wildman–Crippen LogP) is -1.46. The van der Waals surface area contributed by atoms with Crippen LogP contribution in [0.2, 0.25) is 0 Å². The molecule has 50 valence electrons. The van der Waals surface area contributed by atoms with E-state index in [1.54, 1.807) is 0 Å². The molecule has 0 aromatic heterocycles. The van der Waals surface area contributed by atoms with E-state index in [0.29, 0.717) is 0 Å². The van der Waals surface area contributed by atoms with Gasteiger partial charge in [-0.15, -0.1) is 0 Å². The van der Waals surface area contributed by atoms with Gasteiger partial charge in [0.25, 0.3) is 0 Å². The van der Waals surface area contributed by atoms with Crippen LogP contribution < -0.4 is 0 Å². The molecule has 0 heterocycles. The second-order valence-electron chi connectivity index (χ2n) is 0.729. The van der Waals surface area contributed by atoms with E-state index in [9.17, 15) is 18.6 Å². The van der Waals surface area contributed by atoms with Gasteiger partial charge < -0.3 is 0 Å². The summed E-state index contributed by atoms with van der Waals surface area (Å²) in [6.45, 7) is 0. The fourth-order valence-electron chi connectivity index (χ4n) is 0.0630. The maximum atomic E-state index is 10.5. The molecule has 0 aromatic carbocycles. The van der Waals surface area contributed by atoms with Crippen molar-refractivity contribution in [2.75, 3.05) is 0 Å². The van der Waals surface area contributed by atoms with E-state index in [4.69, 9.17) is 0 Å². The molecule has 4 nitrogen and oxygen atoms in total. The first-order valence-corrected chi connectivity index (χ1v) is 1.38. The first-order chi connectivity index (χ1) is 3.72. The van der Waals surface area contributed by atoms with Crippen LogP contribution in [0.5, 0.6) is 0 Å². The van der Waals surface area contributed by atoms with E-state index in [0.717, 1.165) is 0 Å². The van der Waals surface area contributed by atoms with E-state index >= 15 is 0 Å².